The van der Waals surface area contributed by atoms with Crippen LogP contribution in [0.15, 0.2) is 47.0 Å². The zero-order valence-corrected chi connectivity index (χ0v) is 15.1. The Kier molecular flexibility index (Phi) is 5.73. The van der Waals surface area contributed by atoms with Crippen LogP contribution in [-0.4, -0.2) is 23.9 Å². The maximum absolute atomic E-state index is 5.75. The van der Waals surface area contributed by atoms with Crippen LogP contribution in [-0.2, 0) is 6.42 Å². The second kappa shape index (κ2) is 8.38. The van der Waals surface area contributed by atoms with Crippen LogP contribution in [0.3, 0.4) is 0 Å². The number of hydrogen-bond acceptors (Lipinski definition) is 6. The minimum absolute atomic E-state index is 0.522. The number of benzene rings is 2. The average molecular weight is 353 g/mol. The SMILES string of the molecule is CCCCOc1ccc(-c2noc(Cc3ccc(N)cc3)n2)cc1OC. The zero-order valence-electron chi connectivity index (χ0n) is 15.1. The van der Waals surface area contributed by atoms with Crippen molar-refractivity contribution in [3.8, 4) is 22.9 Å². The van der Waals surface area contributed by atoms with Crippen LogP contribution in [0.25, 0.3) is 11.4 Å². The fourth-order valence-corrected chi connectivity index (χ4v) is 2.51. The van der Waals surface area contributed by atoms with E-state index in [4.69, 9.17) is 19.7 Å². The molecule has 0 spiro atoms. The minimum atomic E-state index is 0.522. The van der Waals surface area contributed by atoms with E-state index >= 15 is 0 Å². The van der Waals surface area contributed by atoms with Crippen LogP contribution in [0.5, 0.6) is 11.5 Å². The summed E-state index contributed by atoms with van der Waals surface area (Å²) >= 11 is 0. The summed E-state index contributed by atoms with van der Waals surface area (Å²) in [7, 11) is 1.62. The molecule has 0 amide bonds. The summed E-state index contributed by atoms with van der Waals surface area (Å²) < 4.78 is 16.6. The number of nitrogens with zero attached hydrogens (tertiary/aromatic N) is 2. The second-order valence-corrected chi connectivity index (χ2v) is 6.00. The first-order chi connectivity index (χ1) is 12.7. The van der Waals surface area contributed by atoms with Crippen LogP contribution >= 0.6 is 0 Å². The van der Waals surface area contributed by atoms with E-state index < -0.39 is 0 Å². The smallest absolute Gasteiger partial charge is 0.231 e. The number of unbranched alkanes of at least 4 members (excludes halogenated alkanes) is 1. The predicted molar refractivity (Wildman–Crippen MR) is 100 cm³/mol. The summed E-state index contributed by atoms with van der Waals surface area (Å²) in [4.78, 5) is 4.47. The predicted octanol–water partition coefficient (Wildman–Crippen LogP) is 4.10. The molecule has 26 heavy (non-hydrogen) atoms. The number of nitrogens with two attached hydrogens (primary N) is 1. The van der Waals surface area contributed by atoms with Gasteiger partial charge in [0.1, 0.15) is 0 Å². The highest BCUT2D eigenvalue weighted by Gasteiger charge is 2.13. The molecule has 0 aliphatic rings. The van der Waals surface area contributed by atoms with Crippen molar-refractivity contribution in [2.24, 2.45) is 0 Å². The van der Waals surface area contributed by atoms with Gasteiger partial charge in [-0.25, -0.2) is 0 Å². The van der Waals surface area contributed by atoms with Gasteiger partial charge in [-0.3, -0.25) is 0 Å². The lowest BCUT2D eigenvalue weighted by Gasteiger charge is -2.10. The lowest BCUT2D eigenvalue weighted by atomic mass is 10.1. The fourth-order valence-electron chi connectivity index (χ4n) is 2.51. The Labute approximate surface area is 152 Å². The van der Waals surface area contributed by atoms with Gasteiger partial charge in [0.25, 0.3) is 0 Å². The molecular formula is C20H23N3O3. The van der Waals surface area contributed by atoms with Gasteiger partial charge in [0.15, 0.2) is 11.5 Å². The number of nitrogen functional groups attached to an aromatic ring is 1. The molecule has 1 heterocycles. The second-order valence-electron chi connectivity index (χ2n) is 6.00. The lowest BCUT2D eigenvalue weighted by molar-refractivity contribution is 0.288. The van der Waals surface area contributed by atoms with E-state index in [2.05, 4.69) is 17.1 Å². The first-order valence-electron chi connectivity index (χ1n) is 8.67. The minimum Gasteiger partial charge on any atom is -0.493 e. The van der Waals surface area contributed by atoms with E-state index in [1.165, 1.54) is 0 Å². The molecule has 0 fully saturated rings. The Hall–Kier alpha value is -3.02. The maximum atomic E-state index is 5.75. The molecule has 0 aliphatic carbocycles. The first-order valence-corrected chi connectivity index (χ1v) is 8.67. The number of rotatable bonds is 8. The molecule has 0 saturated carbocycles. The van der Waals surface area contributed by atoms with Crippen molar-refractivity contribution in [3.63, 3.8) is 0 Å². The number of methoxy groups -OCH3 is 1. The van der Waals surface area contributed by atoms with Gasteiger partial charge in [0, 0.05) is 11.3 Å². The van der Waals surface area contributed by atoms with Crippen molar-refractivity contribution in [2.75, 3.05) is 19.5 Å². The van der Waals surface area contributed by atoms with Crippen LogP contribution in [0.1, 0.15) is 31.2 Å². The molecule has 0 saturated heterocycles. The highest BCUT2D eigenvalue weighted by atomic mass is 16.5. The van der Waals surface area contributed by atoms with E-state index in [-0.39, 0.29) is 0 Å². The van der Waals surface area contributed by atoms with Gasteiger partial charge in [0.2, 0.25) is 11.7 Å². The molecular weight excluding hydrogens is 330 g/mol. The van der Waals surface area contributed by atoms with Gasteiger partial charge in [0.05, 0.1) is 20.1 Å². The fraction of sp³-hybridized carbons (Fsp3) is 0.300. The van der Waals surface area contributed by atoms with Crippen molar-refractivity contribution >= 4 is 5.69 Å². The Morgan fingerprint density at radius 2 is 1.88 bits per heavy atom. The molecule has 136 valence electrons. The summed E-state index contributed by atoms with van der Waals surface area (Å²) in [5.41, 5.74) is 8.31. The van der Waals surface area contributed by atoms with Crippen LogP contribution < -0.4 is 15.2 Å². The van der Waals surface area contributed by atoms with Crippen LogP contribution in [0, 0.1) is 0 Å². The Morgan fingerprint density at radius 3 is 2.62 bits per heavy atom. The Bertz CT molecular complexity index is 844. The van der Waals surface area contributed by atoms with E-state index in [9.17, 15) is 0 Å². The van der Waals surface area contributed by atoms with Crippen LogP contribution in [0.2, 0.25) is 0 Å². The molecule has 6 nitrogen and oxygen atoms in total. The van der Waals surface area contributed by atoms with Crippen LogP contribution in [0.4, 0.5) is 5.69 Å². The molecule has 0 unspecified atom stereocenters. The highest BCUT2D eigenvalue weighted by molar-refractivity contribution is 5.60. The largest absolute Gasteiger partial charge is 0.493 e. The number of anilines is 1. The van der Waals surface area contributed by atoms with E-state index in [0.29, 0.717) is 30.5 Å². The third-order valence-corrected chi connectivity index (χ3v) is 3.98. The van der Waals surface area contributed by atoms with Gasteiger partial charge in [-0.1, -0.05) is 30.6 Å². The molecule has 6 heteroatoms. The lowest BCUT2D eigenvalue weighted by Crippen LogP contribution is -1.99. The summed E-state index contributed by atoms with van der Waals surface area (Å²) in [6.45, 7) is 2.79. The topological polar surface area (TPSA) is 83.4 Å². The first kappa shape index (κ1) is 17.8. The molecule has 2 N–H and O–H groups in total. The third kappa shape index (κ3) is 4.33. The normalized spacial score (nSPS) is 10.7. The standard InChI is InChI=1S/C20H23N3O3/c1-3-4-11-25-17-10-7-15(13-18(17)24-2)20-22-19(26-23-20)12-14-5-8-16(21)9-6-14/h5-10,13H,3-4,11-12,21H2,1-2H3. The van der Waals surface area contributed by atoms with Gasteiger partial charge in [-0.15, -0.1) is 0 Å². The van der Waals surface area contributed by atoms with Crippen molar-refractivity contribution in [1.82, 2.24) is 10.1 Å². The molecule has 0 atom stereocenters. The number of ether oxygens (including phenoxy) is 2. The summed E-state index contributed by atoms with van der Waals surface area (Å²) in [5.74, 6) is 2.44. The Morgan fingerprint density at radius 1 is 1.08 bits per heavy atom. The van der Waals surface area contributed by atoms with Gasteiger partial charge >= 0.3 is 0 Å². The molecule has 0 radical (unpaired) electrons. The molecule has 1 aromatic heterocycles. The highest BCUT2D eigenvalue weighted by Crippen LogP contribution is 2.31. The van der Waals surface area contributed by atoms with Crippen molar-refractivity contribution in [3.05, 3.63) is 53.9 Å². The molecule has 3 aromatic rings. The quantitative estimate of drug-likeness (QED) is 0.485. The summed E-state index contributed by atoms with van der Waals surface area (Å²) in [6, 6.07) is 13.2. The zero-order chi connectivity index (χ0) is 18.4. The van der Waals surface area contributed by atoms with Crippen molar-refractivity contribution in [1.29, 1.82) is 0 Å². The number of aromatic nitrogens is 2. The molecule has 3 rings (SSSR count). The summed E-state index contributed by atoms with van der Waals surface area (Å²) in [6.07, 6.45) is 2.65. The van der Waals surface area contributed by atoms with Gasteiger partial charge in [-0.2, -0.15) is 4.98 Å². The molecule has 0 bridgehead atoms. The van der Waals surface area contributed by atoms with Gasteiger partial charge < -0.3 is 19.7 Å². The van der Waals surface area contributed by atoms with Crippen molar-refractivity contribution < 1.29 is 14.0 Å². The molecule has 2 aromatic carbocycles. The average Bonchev–Trinajstić information content (AvgIpc) is 3.12. The summed E-state index contributed by atoms with van der Waals surface area (Å²) in [5, 5.41) is 4.07. The van der Waals surface area contributed by atoms with E-state index in [0.717, 1.165) is 35.4 Å². The van der Waals surface area contributed by atoms with E-state index in [1.807, 2.05) is 42.5 Å². The maximum Gasteiger partial charge on any atom is 0.231 e. The number of hydrogen-bond donors (Lipinski definition) is 1. The third-order valence-electron chi connectivity index (χ3n) is 3.98. The van der Waals surface area contributed by atoms with E-state index in [1.54, 1.807) is 7.11 Å². The van der Waals surface area contributed by atoms with Crippen molar-refractivity contribution in [2.45, 2.75) is 26.2 Å². The Balaban J connectivity index is 1.74. The van der Waals surface area contributed by atoms with Gasteiger partial charge in [-0.05, 0) is 42.3 Å². The molecule has 0 aliphatic heterocycles. The monoisotopic (exact) mass is 353 g/mol.